The van der Waals surface area contributed by atoms with Crippen LogP contribution in [0.4, 0.5) is 0 Å². The van der Waals surface area contributed by atoms with Crippen LogP contribution in [-0.4, -0.2) is 16.6 Å². The van der Waals surface area contributed by atoms with Crippen LogP contribution in [-0.2, 0) is 0 Å². The molecule has 1 N–H and O–H groups in total. The molecule has 23 heavy (non-hydrogen) atoms. The van der Waals surface area contributed by atoms with E-state index in [0.29, 0.717) is 5.56 Å². The van der Waals surface area contributed by atoms with Gasteiger partial charge in [0.2, 0.25) is 0 Å². The summed E-state index contributed by atoms with van der Waals surface area (Å²) in [6.07, 6.45) is 1.62. The van der Waals surface area contributed by atoms with Gasteiger partial charge in [0, 0.05) is 17.5 Å². The van der Waals surface area contributed by atoms with Crippen LogP contribution in [0.3, 0.4) is 0 Å². The van der Waals surface area contributed by atoms with Crippen LogP contribution < -0.4 is 5.43 Å². The summed E-state index contributed by atoms with van der Waals surface area (Å²) in [6, 6.07) is 17.7. The topological polar surface area (TPSA) is 54.4 Å². The molecule has 0 atom stereocenters. The standard InChI is InChI=1S/C19H17N3O/c1-13-11-18(9-10-20-13)19(23)22-21-14(2)16-8-7-15-5-3-4-6-17(15)12-16/h3-12H,1-2H3,(H,22,23). The number of fused-ring (bicyclic) bond motifs is 1. The van der Waals surface area contributed by atoms with Crippen LogP contribution in [0.2, 0.25) is 0 Å². The first-order valence-corrected chi connectivity index (χ1v) is 7.40. The molecule has 2 aromatic carbocycles. The van der Waals surface area contributed by atoms with Crippen molar-refractivity contribution in [2.24, 2.45) is 5.10 Å². The van der Waals surface area contributed by atoms with Gasteiger partial charge in [-0.3, -0.25) is 9.78 Å². The van der Waals surface area contributed by atoms with E-state index < -0.39 is 0 Å². The summed E-state index contributed by atoms with van der Waals surface area (Å²) >= 11 is 0. The summed E-state index contributed by atoms with van der Waals surface area (Å²) in [7, 11) is 0. The van der Waals surface area contributed by atoms with Crippen LogP contribution in [0.25, 0.3) is 10.8 Å². The van der Waals surface area contributed by atoms with Crippen molar-refractivity contribution in [3.8, 4) is 0 Å². The van der Waals surface area contributed by atoms with Gasteiger partial charge in [0.1, 0.15) is 0 Å². The Kier molecular flexibility index (Phi) is 4.15. The summed E-state index contributed by atoms with van der Waals surface area (Å²) in [5, 5.41) is 6.53. The largest absolute Gasteiger partial charge is 0.271 e. The molecule has 1 aromatic heterocycles. The lowest BCUT2D eigenvalue weighted by Crippen LogP contribution is -2.19. The number of aromatic nitrogens is 1. The van der Waals surface area contributed by atoms with Crippen LogP contribution in [0.15, 0.2) is 65.9 Å². The molecule has 0 saturated heterocycles. The number of hydrogen-bond donors (Lipinski definition) is 1. The number of aryl methyl sites for hydroxylation is 1. The number of hydrazone groups is 1. The van der Waals surface area contributed by atoms with Gasteiger partial charge in [-0.2, -0.15) is 5.10 Å². The molecule has 0 radical (unpaired) electrons. The van der Waals surface area contributed by atoms with Crippen LogP contribution in [0, 0.1) is 6.92 Å². The average molecular weight is 303 g/mol. The number of nitrogens with one attached hydrogen (secondary N) is 1. The zero-order valence-corrected chi connectivity index (χ0v) is 13.1. The fourth-order valence-electron chi connectivity index (χ4n) is 2.36. The molecule has 0 unspecified atom stereocenters. The van der Waals surface area contributed by atoms with Gasteiger partial charge in [0.15, 0.2) is 0 Å². The number of pyridine rings is 1. The van der Waals surface area contributed by atoms with Gasteiger partial charge in [-0.15, -0.1) is 0 Å². The van der Waals surface area contributed by atoms with Crippen molar-refractivity contribution in [2.45, 2.75) is 13.8 Å². The Hall–Kier alpha value is -3.01. The second kappa shape index (κ2) is 6.40. The molecule has 0 spiro atoms. The summed E-state index contributed by atoms with van der Waals surface area (Å²) < 4.78 is 0. The van der Waals surface area contributed by atoms with Gasteiger partial charge in [0.25, 0.3) is 5.91 Å². The Morgan fingerprint density at radius 3 is 2.57 bits per heavy atom. The first kappa shape index (κ1) is 14.9. The SMILES string of the molecule is CC(=NNC(=O)c1ccnc(C)c1)c1ccc2ccccc2c1. The fraction of sp³-hybridized carbons (Fsp3) is 0.105. The van der Waals surface area contributed by atoms with Gasteiger partial charge in [-0.25, -0.2) is 5.43 Å². The second-order valence-electron chi connectivity index (χ2n) is 5.39. The second-order valence-corrected chi connectivity index (χ2v) is 5.39. The first-order chi connectivity index (χ1) is 11.1. The van der Waals surface area contributed by atoms with Gasteiger partial charge < -0.3 is 0 Å². The minimum atomic E-state index is -0.240. The molecular formula is C19H17N3O. The third kappa shape index (κ3) is 3.43. The molecule has 114 valence electrons. The van der Waals surface area contributed by atoms with E-state index in [4.69, 9.17) is 0 Å². The Morgan fingerprint density at radius 2 is 1.78 bits per heavy atom. The van der Waals surface area contributed by atoms with E-state index >= 15 is 0 Å². The van der Waals surface area contributed by atoms with Crippen LogP contribution in [0.5, 0.6) is 0 Å². The normalized spacial score (nSPS) is 11.5. The van der Waals surface area contributed by atoms with Gasteiger partial charge in [-0.1, -0.05) is 36.4 Å². The summed E-state index contributed by atoms with van der Waals surface area (Å²) in [5.41, 5.74) is 5.68. The molecule has 4 heteroatoms. The number of carbonyl (C=O) groups excluding carboxylic acids is 1. The zero-order valence-electron chi connectivity index (χ0n) is 13.1. The molecule has 0 saturated carbocycles. The number of amides is 1. The number of benzene rings is 2. The van der Waals surface area contributed by atoms with Gasteiger partial charge in [-0.05, 0) is 48.4 Å². The highest BCUT2D eigenvalue weighted by atomic mass is 16.2. The van der Waals surface area contributed by atoms with Crippen molar-refractivity contribution in [2.75, 3.05) is 0 Å². The van der Waals surface area contributed by atoms with Crippen molar-refractivity contribution in [1.82, 2.24) is 10.4 Å². The lowest BCUT2D eigenvalue weighted by molar-refractivity contribution is 0.0954. The minimum Gasteiger partial charge on any atom is -0.267 e. The van der Waals surface area contributed by atoms with E-state index in [1.165, 1.54) is 5.39 Å². The van der Waals surface area contributed by atoms with Crippen molar-refractivity contribution in [1.29, 1.82) is 0 Å². The van der Waals surface area contributed by atoms with E-state index in [0.717, 1.165) is 22.4 Å². The number of nitrogens with zero attached hydrogens (tertiary/aromatic N) is 2. The third-order valence-electron chi connectivity index (χ3n) is 3.65. The van der Waals surface area contributed by atoms with E-state index in [1.807, 2.05) is 32.0 Å². The molecule has 0 aliphatic carbocycles. The van der Waals surface area contributed by atoms with Crippen LogP contribution >= 0.6 is 0 Å². The molecule has 4 nitrogen and oxygen atoms in total. The highest BCUT2D eigenvalue weighted by Gasteiger charge is 2.05. The highest BCUT2D eigenvalue weighted by Crippen LogP contribution is 2.16. The Bertz CT molecular complexity index is 900. The Morgan fingerprint density at radius 1 is 1.00 bits per heavy atom. The molecule has 1 heterocycles. The van der Waals surface area contributed by atoms with Crippen molar-refractivity contribution >= 4 is 22.4 Å². The maximum Gasteiger partial charge on any atom is 0.271 e. The quantitative estimate of drug-likeness (QED) is 0.592. The van der Waals surface area contributed by atoms with E-state index in [-0.39, 0.29) is 5.91 Å². The molecule has 3 rings (SSSR count). The van der Waals surface area contributed by atoms with Gasteiger partial charge in [0.05, 0.1) is 5.71 Å². The number of rotatable bonds is 3. The maximum absolute atomic E-state index is 12.1. The van der Waals surface area contributed by atoms with Crippen molar-refractivity contribution in [3.63, 3.8) is 0 Å². The maximum atomic E-state index is 12.1. The smallest absolute Gasteiger partial charge is 0.267 e. The van der Waals surface area contributed by atoms with Crippen molar-refractivity contribution in [3.05, 3.63) is 77.6 Å². The molecule has 0 bridgehead atoms. The van der Waals surface area contributed by atoms with Crippen LogP contribution in [0.1, 0.15) is 28.5 Å². The molecule has 0 aliphatic heterocycles. The van der Waals surface area contributed by atoms with Crippen molar-refractivity contribution < 1.29 is 4.79 Å². The van der Waals surface area contributed by atoms with E-state index in [9.17, 15) is 4.79 Å². The molecular weight excluding hydrogens is 286 g/mol. The molecule has 3 aromatic rings. The highest BCUT2D eigenvalue weighted by molar-refractivity contribution is 6.03. The summed E-state index contributed by atoms with van der Waals surface area (Å²) in [4.78, 5) is 16.2. The minimum absolute atomic E-state index is 0.240. The van der Waals surface area contributed by atoms with Gasteiger partial charge >= 0.3 is 0 Å². The third-order valence-corrected chi connectivity index (χ3v) is 3.65. The lowest BCUT2D eigenvalue weighted by Gasteiger charge is -2.05. The first-order valence-electron chi connectivity index (χ1n) is 7.40. The number of hydrogen-bond acceptors (Lipinski definition) is 3. The monoisotopic (exact) mass is 303 g/mol. The summed E-state index contributed by atoms with van der Waals surface area (Å²) in [6.45, 7) is 3.72. The lowest BCUT2D eigenvalue weighted by atomic mass is 10.0. The predicted octanol–water partition coefficient (Wildman–Crippen LogP) is 3.70. The Balaban J connectivity index is 1.79. The fourth-order valence-corrected chi connectivity index (χ4v) is 2.36. The number of carbonyl (C=O) groups is 1. The molecule has 0 aliphatic rings. The average Bonchev–Trinajstić information content (AvgIpc) is 2.59. The molecule has 1 amide bonds. The summed E-state index contributed by atoms with van der Waals surface area (Å²) in [5.74, 6) is -0.240. The van der Waals surface area contributed by atoms with E-state index in [1.54, 1.807) is 18.3 Å². The Labute approximate surface area is 134 Å². The molecule has 0 fully saturated rings. The predicted molar refractivity (Wildman–Crippen MR) is 92.6 cm³/mol. The zero-order chi connectivity index (χ0) is 16.2. The van der Waals surface area contributed by atoms with E-state index in [2.05, 4.69) is 39.8 Å².